The van der Waals surface area contributed by atoms with Crippen LogP contribution in [0.2, 0.25) is 5.28 Å². The Morgan fingerprint density at radius 2 is 2.00 bits per heavy atom. The molecule has 3 heterocycles. The smallest absolute Gasteiger partial charge is 0.226 e. The van der Waals surface area contributed by atoms with Crippen LogP contribution >= 0.6 is 11.6 Å². The summed E-state index contributed by atoms with van der Waals surface area (Å²) in [5.74, 6) is -0.901. The third kappa shape index (κ3) is 3.70. The SMILES string of the molecule is CC(Nc1nc(Cl)nc(N2CCOCC2)c1F)c1ccc(F)cn1. The van der Waals surface area contributed by atoms with Crippen LogP contribution in [-0.4, -0.2) is 41.3 Å². The topological polar surface area (TPSA) is 63.2 Å². The van der Waals surface area contributed by atoms with Crippen molar-refractivity contribution < 1.29 is 13.5 Å². The molecule has 1 unspecified atom stereocenters. The van der Waals surface area contributed by atoms with Gasteiger partial charge in [0.2, 0.25) is 11.1 Å². The molecule has 128 valence electrons. The molecule has 2 aromatic rings. The molecule has 0 amide bonds. The first-order chi connectivity index (χ1) is 11.5. The van der Waals surface area contributed by atoms with Crippen molar-refractivity contribution in [1.82, 2.24) is 15.0 Å². The van der Waals surface area contributed by atoms with Crippen molar-refractivity contribution in [1.29, 1.82) is 0 Å². The van der Waals surface area contributed by atoms with Gasteiger partial charge < -0.3 is 15.0 Å². The van der Waals surface area contributed by atoms with Gasteiger partial charge in [-0.3, -0.25) is 4.98 Å². The van der Waals surface area contributed by atoms with Crippen molar-refractivity contribution >= 4 is 23.2 Å². The van der Waals surface area contributed by atoms with Crippen LogP contribution in [0.3, 0.4) is 0 Å². The maximum Gasteiger partial charge on any atom is 0.226 e. The number of anilines is 2. The van der Waals surface area contributed by atoms with Crippen molar-refractivity contribution in [3.63, 3.8) is 0 Å². The van der Waals surface area contributed by atoms with E-state index in [0.29, 0.717) is 32.0 Å². The summed E-state index contributed by atoms with van der Waals surface area (Å²) in [6.45, 7) is 3.82. The number of ether oxygens (including phenoxy) is 1. The molecule has 1 fully saturated rings. The second kappa shape index (κ2) is 7.23. The number of hydrogen-bond donors (Lipinski definition) is 1. The molecular weight excluding hydrogens is 340 g/mol. The van der Waals surface area contributed by atoms with E-state index in [4.69, 9.17) is 16.3 Å². The van der Waals surface area contributed by atoms with E-state index in [9.17, 15) is 8.78 Å². The molecule has 0 saturated carbocycles. The van der Waals surface area contributed by atoms with Gasteiger partial charge in [0.05, 0.1) is 31.1 Å². The van der Waals surface area contributed by atoms with Crippen molar-refractivity contribution in [2.24, 2.45) is 0 Å². The molecule has 0 aromatic carbocycles. The second-order valence-corrected chi connectivity index (χ2v) is 5.68. The second-order valence-electron chi connectivity index (χ2n) is 5.35. The number of halogens is 3. The number of morpholine rings is 1. The third-order valence-corrected chi connectivity index (χ3v) is 3.83. The zero-order chi connectivity index (χ0) is 17.1. The van der Waals surface area contributed by atoms with E-state index < -0.39 is 11.6 Å². The van der Waals surface area contributed by atoms with E-state index in [2.05, 4.69) is 20.3 Å². The van der Waals surface area contributed by atoms with Crippen LogP contribution in [0.5, 0.6) is 0 Å². The minimum atomic E-state index is -0.588. The number of pyridine rings is 1. The Balaban J connectivity index is 1.84. The molecular formula is C15H16ClF2N5O. The molecule has 1 saturated heterocycles. The fourth-order valence-electron chi connectivity index (χ4n) is 2.41. The molecule has 1 aliphatic heterocycles. The number of aromatic nitrogens is 3. The van der Waals surface area contributed by atoms with Crippen LogP contribution in [-0.2, 0) is 4.74 Å². The van der Waals surface area contributed by atoms with E-state index >= 15 is 0 Å². The summed E-state index contributed by atoms with van der Waals surface area (Å²) in [6.07, 6.45) is 1.11. The van der Waals surface area contributed by atoms with Gasteiger partial charge in [-0.1, -0.05) is 0 Å². The summed E-state index contributed by atoms with van der Waals surface area (Å²) in [6, 6.07) is 2.43. The molecule has 1 aliphatic rings. The fraction of sp³-hybridized carbons (Fsp3) is 0.400. The van der Waals surface area contributed by atoms with Gasteiger partial charge in [0.25, 0.3) is 0 Å². The van der Waals surface area contributed by atoms with Gasteiger partial charge in [0, 0.05) is 13.1 Å². The van der Waals surface area contributed by atoms with Gasteiger partial charge in [-0.2, -0.15) is 14.4 Å². The highest BCUT2D eigenvalue weighted by Crippen LogP contribution is 2.27. The maximum absolute atomic E-state index is 14.8. The monoisotopic (exact) mass is 355 g/mol. The summed E-state index contributed by atoms with van der Waals surface area (Å²) in [4.78, 5) is 13.7. The van der Waals surface area contributed by atoms with Gasteiger partial charge >= 0.3 is 0 Å². The van der Waals surface area contributed by atoms with Gasteiger partial charge in [-0.05, 0) is 30.7 Å². The Kier molecular flexibility index (Phi) is 5.06. The number of nitrogens with one attached hydrogen (secondary N) is 1. The van der Waals surface area contributed by atoms with Gasteiger partial charge in [0.15, 0.2) is 11.6 Å². The highest BCUT2D eigenvalue weighted by atomic mass is 35.5. The minimum absolute atomic E-state index is 0.0184. The standard InChI is InChI=1S/C15H16ClF2N5O/c1-9(11-3-2-10(17)8-19-11)20-13-12(18)14(22-15(16)21-13)23-4-6-24-7-5-23/h2-3,8-9H,4-7H2,1H3,(H,20,21,22). The van der Waals surface area contributed by atoms with E-state index in [1.165, 1.54) is 12.1 Å². The van der Waals surface area contributed by atoms with Crippen LogP contribution in [0.15, 0.2) is 18.3 Å². The van der Waals surface area contributed by atoms with Crippen LogP contribution in [0, 0.1) is 11.6 Å². The molecule has 1 N–H and O–H groups in total. The van der Waals surface area contributed by atoms with E-state index in [1.54, 1.807) is 11.8 Å². The van der Waals surface area contributed by atoms with E-state index in [-0.39, 0.29) is 23.0 Å². The lowest BCUT2D eigenvalue weighted by molar-refractivity contribution is 0.122. The first-order valence-electron chi connectivity index (χ1n) is 7.48. The molecule has 1 atom stereocenters. The molecule has 3 rings (SSSR count). The Labute approximate surface area is 142 Å². The molecule has 0 bridgehead atoms. The van der Waals surface area contributed by atoms with Crippen LogP contribution in [0.1, 0.15) is 18.7 Å². The van der Waals surface area contributed by atoms with Crippen molar-refractivity contribution in [2.75, 3.05) is 36.5 Å². The Morgan fingerprint density at radius 3 is 2.67 bits per heavy atom. The van der Waals surface area contributed by atoms with Crippen molar-refractivity contribution in [2.45, 2.75) is 13.0 Å². The lowest BCUT2D eigenvalue weighted by Gasteiger charge is -2.28. The van der Waals surface area contributed by atoms with Crippen molar-refractivity contribution in [3.05, 3.63) is 40.9 Å². The lowest BCUT2D eigenvalue weighted by Crippen LogP contribution is -2.37. The van der Waals surface area contributed by atoms with E-state index in [1.807, 2.05) is 0 Å². The normalized spacial score (nSPS) is 16.1. The highest BCUT2D eigenvalue weighted by molar-refractivity contribution is 6.28. The Morgan fingerprint density at radius 1 is 1.25 bits per heavy atom. The molecule has 0 aliphatic carbocycles. The Hall–Kier alpha value is -2.06. The van der Waals surface area contributed by atoms with Gasteiger partial charge in [0.1, 0.15) is 5.82 Å². The average molecular weight is 356 g/mol. The minimum Gasteiger partial charge on any atom is -0.378 e. The lowest BCUT2D eigenvalue weighted by atomic mass is 10.2. The zero-order valence-corrected chi connectivity index (χ0v) is 13.7. The van der Waals surface area contributed by atoms with Gasteiger partial charge in [-0.25, -0.2) is 4.39 Å². The van der Waals surface area contributed by atoms with Gasteiger partial charge in [-0.15, -0.1) is 0 Å². The average Bonchev–Trinajstić information content (AvgIpc) is 2.59. The van der Waals surface area contributed by atoms with Crippen LogP contribution < -0.4 is 10.2 Å². The molecule has 0 spiro atoms. The predicted molar refractivity (Wildman–Crippen MR) is 86.3 cm³/mol. The summed E-state index contributed by atoms with van der Waals surface area (Å²) in [5, 5.41) is 2.86. The summed E-state index contributed by atoms with van der Waals surface area (Å²) in [7, 11) is 0. The zero-order valence-electron chi connectivity index (χ0n) is 13.0. The summed E-state index contributed by atoms with van der Waals surface area (Å²) < 4.78 is 33.0. The van der Waals surface area contributed by atoms with Crippen LogP contribution in [0.25, 0.3) is 0 Å². The molecule has 2 aromatic heterocycles. The van der Waals surface area contributed by atoms with Crippen molar-refractivity contribution in [3.8, 4) is 0 Å². The summed E-state index contributed by atoms with van der Waals surface area (Å²) in [5.41, 5.74) is 0.554. The predicted octanol–water partition coefficient (Wildman–Crippen LogP) is 2.81. The number of nitrogens with zero attached hydrogens (tertiary/aromatic N) is 4. The number of rotatable bonds is 4. The largest absolute Gasteiger partial charge is 0.378 e. The summed E-state index contributed by atoms with van der Waals surface area (Å²) >= 11 is 5.94. The first kappa shape index (κ1) is 16.8. The quantitative estimate of drug-likeness (QED) is 0.851. The third-order valence-electron chi connectivity index (χ3n) is 3.66. The highest BCUT2D eigenvalue weighted by Gasteiger charge is 2.22. The molecule has 6 nitrogen and oxygen atoms in total. The molecule has 9 heteroatoms. The first-order valence-corrected chi connectivity index (χ1v) is 7.86. The maximum atomic E-state index is 14.8. The molecule has 0 radical (unpaired) electrons. The fourth-order valence-corrected chi connectivity index (χ4v) is 2.58. The number of hydrogen-bond acceptors (Lipinski definition) is 6. The van der Waals surface area contributed by atoms with E-state index in [0.717, 1.165) is 6.20 Å². The molecule has 24 heavy (non-hydrogen) atoms. The van der Waals surface area contributed by atoms with Crippen LogP contribution in [0.4, 0.5) is 20.4 Å². The Bertz CT molecular complexity index is 710.